The van der Waals surface area contributed by atoms with E-state index in [-0.39, 0.29) is 5.91 Å². The molecule has 2 saturated heterocycles. The number of anilines is 2. The molecule has 0 saturated carbocycles. The minimum absolute atomic E-state index is 0.220. The van der Waals surface area contributed by atoms with Crippen LogP contribution in [0.1, 0.15) is 35.9 Å². The average Bonchev–Trinajstić information content (AvgIpc) is 3.19. The largest absolute Gasteiger partial charge is 0.344 e. The van der Waals surface area contributed by atoms with Gasteiger partial charge in [0.2, 0.25) is 5.91 Å². The monoisotopic (exact) mass is 329 g/mol. The highest BCUT2D eigenvalue weighted by molar-refractivity contribution is 7.15. The number of carbonyl (C=O) groups excluding carboxylic acids is 1. The van der Waals surface area contributed by atoms with Crippen molar-refractivity contribution in [3.63, 3.8) is 0 Å². The van der Waals surface area contributed by atoms with Crippen LogP contribution in [-0.2, 0) is 17.6 Å². The highest BCUT2D eigenvalue weighted by Crippen LogP contribution is 2.36. The van der Waals surface area contributed by atoms with Crippen LogP contribution in [0.3, 0.4) is 0 Å². The fraction of sp³-hybridized carbons (Fsp3) is 0.562. The fourth-order valence-corrected chi connectivity index (χ4v) is 4.85. The minimum atomic E-state index is 0.220. The van der Waals surface area contributed by atoms with Gasteiger partial charge in [-0.2, -0.15) is 5.10 Å². The molecule has 3 aliphatic rings. The maximum absolute atomic E-state index is 11.8. The molecule has 0 spiro atoms. The van der Waals surface area contributed by atoms with Gasteiger partial charge in [0, 0.05) is 37.1 Å². The Kier molecular flexibility index (Phi) is 2.98. The molecule has 1 amide bonds. The molecule has 23 heavy (non-hydrogen) atoms. The van der Waals surface area contributed by atoms with Gasteiger partial charge in [-0.05, 0) is 25.7 Å². The molecule has 4 heterocycles. The molecule has 0 bridgehead atoms. The Morgan fingerprint density at radius 2 is 2.09 bits per heavy atom. The molecule has 0 N–H and O–H groups in total. The summed E-state index contributed by atoms with van der Waals surface area (Å²) < 4.78 is 2.01. The standard InChI is InChI=1S/C16H19N5OS/c22-15-5-2-6-20(15)11-7-17-21(10-11)12-8-19(9-12)16-18-13-3-1-4-14(13)23-16/h7,10,12H,1-6,8-9H2. The van der Waals surface area contributed by atoms with E-state index in [0.29, 0.717) is 12.5 Å². The van der Waals surface area contributed by atoms with Gasteiger partial charge in [0.1, 0.15) is 0 Å². The van der Waals surface area contributed by atoms with Crippen LogP contribution in [0.5, 0.6) is 0 Å². The quantitative estimate of drug-likeness (QED) is 0.864. The third-order valence-corrected chi connectivity index (χ3v) is 6.28. The van der Waals surface area contributed by atoms with Crippen molar-refractivity contribution in [3.05, 3.63) is 23.0 Å². The van der Waals surface area contributed by atoms with Gasteiger partial charge in [-0.3, -0.25) is 9.48 Å². The molecule has 2 fully saturated rings. The summed E-state index contributed by atoms with van der Waals surface area (Å²) in [5.74, 6) is 0.220. The zero-order chi connectivity index (χ0) is 15.4. The first kappa shape index (κ1) is 13.5. The second-order valence-corrected chi connectivity index (χ2v) is 7.67. The van der Waals surface area contributed by atoms with Gasteiger partial charge in [0.15, 0.2) is 5.13 Å². The highest BCUT2D eigenvalue weighted by Gasteiger charge is 2.33. The van der Waals surface area contributed by atoms with Crippen molar-refractivity contribution < 1.29 is 4.79 Å². The van der Waals surface area contributed by atoms with Crippen LogP contribution >= 0.6 is 11.3 Å². The summed E-state index contributed by atoms with van der Waals surface area (Å²) in [6.07, 6.45) is 9.08. The molecule has 2 aromatic rings. The summed E-state index contributed by atoms with van der Waals surface area (Å²) in [6.45, 7) is 2.74. The number of carbonyl (C=O) groups is 1. The summed E-state index contributed by atoms with van der Waals surface area (Å²) in [4.78, 5) is 22.3. The third kappa shape index (κ3) is 2.17. The van der Waals surface area contributed by atoms with Crippen LogP contribution in [0.2, 0.25) is 0 Å². The van der Waals surface area contributed by atoms with Crippen molar-refractivity contribution in [3.8, 4) is 0 Å². The first-order chi connectivity index (χ1) is 11.3. The van der Waals surface area contributed by atoms with Gasteiger partial charge in [-0.1, -0.05) is 0 Å². The number of thiazole rings is 1. The van der Waals surface area contributed by atoms with E-state index in [1.54, 1.807) is 0 Å². The Bertz CT molecular complexity index is 739. The zero-order valence-corrected chi connectivity index (χ0v) is 13.8. The van der Waals surface area contributed by atoms with Crippen molar-refractivity contribution in [1.82, 2.24) is 14.8 Å². The molecular weight excluding hydrogens is 310 g/mol. The van der Waals surface area contributed by atoms with E-state index in [0.717, 1.165) is 38.2 Å². The Morgan fingerprint density at radius 1 is 1.17 bits per heavy atom. The van der Waals surface area contributed by atoms with Crippen LogP contribution in [0, 0.1) is 0 Å². The van der Waals surface area contributed by atoms with Crippen LogP contribution < -0.4 is 9.80 Å². The Morgan fingerprint density at radius 3 is 2.87 bits per heavy atom. The van der Waals surface area contributed by atoms with E-state index in [1.165, 1.54) is 28.5 Å². The van der Waals surface area contributed by atoms with Gasteiger partial charge in [0.05, 0.1) is 23.6 Å². The van der Waals surface area contributed by atoms with Crippen molar-refractivity contribution in [2.45, 2.75) is 38.1 Å². The molecule has 0 unspecified atom stereocenters. The summed E-state index contributed by atoms with van der Waals surface area (Å²) in [5, 5.41) is 5.65. The molecule has 120 valence electrons. The number of nitrogens with zero attached hydrogens (tertiary/aromatic N) is 5. The van der Waals surface area contributed by atoms with Gasteiger partial charge in [0.25, 0.3) is 0 Å². The molecule has 0 radical (unpaired) electrons. The number of aromatic nitrogens is 3. The van der Waals surface area contributed by atoms with Gasteiger partial charge in [-0.15, -0.1) is 11.3 Å². The summed E-state index contributed by atoms with van der Waals surface area (Å²) in [7, 11) is 0. The molecule has 2 aromatic heterocycles. The van der Waals surface area contributed by atoms with Crippen LogP contribution in [0.25, 0.3) is 0 Å². The average molecular weight is 329 g/mol. The second kappa shape index (κ2) is 5.06. The smallest absolute Gasteiger partial charge is 0.227 e. The molecule has 2 aliphatic heterocycles. The van der Waals surface area contributed by atoms with Gasteiger partial charge in [-0.25, -0.2) is 4.98 Å². The number of hydrogen-bond acceptors (Lipinski definition) is 5. The number of aryl methyl sites for hydroxylation is 2. The summed E-state index contributed by atoms with van der Waals surface area (Å²) in [5.41, 5.74) is 2.27. The maximum atomic E-state index is 11.8. The van der Waals surface area contributed by atoms with Gasteiger partial charge >= 0.3 is 0 Å². The first-order valence-electron chi connectivity index (χ1n) is 8.36. The number of hydrogen-bond donors (Lipinski definition) is 0. The molecular formula is C16H19N5OS. The third-order valence-electron chi connectivity index (χ3n) is 5.06. The fourth-order valence-electron chi connectivity index (χ4n) is 3.68. The van der Waals surface area contributed by atoms with Crippen LogP contribution in [0.4, 0.5) is 10.8 Å². The molecule has 0 aromatic carbocycles. The Balaban J connectivity index is 1.26. The number of fused-ring (bicyclic) bond motifs is 1. The number of rotatable bonds is 3. The predicted octanol–water partition coefficient (Wildman–Crippen LogP) is 2.02. The normalized spacial score (nSPS) is 21.1. The van der Waals surface area contributed by atoms with E-state index in [1.807, 2.05) is 33.3 Å². The summed E-state index contributed by atoms with van der Waals surface area (Å²) in [6, 6.07) is 0.389. The van der Waals surface area contributed by atoms with E-state index < -0.39 is 0 Å². The second-order valence-electron chi connectivity index (χ2n) is 6.61. The van der Waals surface area contributed by atoms with Crippen molar-refractivity contribution in [2.24, 2.45) is 0 Å². The van der Waals surface area contributed by atoms with E-state index >= 15 is 0 Å². The lowest BCUT2D eigenvalue weighted by Crippen LogP contribution is -2.48. The van der Waals surface area contributed by atoms with Gasteiger partial charge < -0.3 is 9.80 Å². The van der Waals surface area contributed by atoms with E-state index in [9.17, 15) is 4.79 Å². The first-order valence-corrected chi connectivity index (χ1v) is 9.17. The molecule has 0 atom stereocenters. The lowest BCUT2D eigenvalue weighted by atomic mass is 10.1. The molecule has 7 heteroatoms. The molecule has 1 aliphatic carbocycles. The van der Waals surface area contributed by atoms with E-state index in [4.69, 9.17) is 4.98 Å². The lowest BCUT2D eigenvalue weighted by molar-refractivity contribution is -0.117. The van der Waals surface area contributed by atoms with Crippen LogP contribution in [-0.4, -0.2) is 40.3 Å². The lowest BCUT2D eigenvalue weighted by Gasteiger charge is -2.39. The van der Waals surface area contributed by atoms with Crippen molar-refractivity contribution in [2.75, 3.05) is 29.4 Å². The summed E-state index contributed by atoms with van der Waals surface area (Å²) >= 11 is 1.86. The van der Waals surface area contributed by atoms with Crippen molar-refractivity contribution in [1.29, 1.82) is 0 Å². The minimum Gasteiger partial charge on any atom is -0.344 e. The van der Waals surface area contributed by atoms with E-state index in [2.05, 4.69) is 10.00 Å². The topological polar surface area (TPSA) is 54.3 Å². The molecule has 6 nitrogen and oxygen atoms in total. The zero-order valence-electron chi connectivity index (χ0n) is 12.9. The highest BCUT2D eigenvalue weighted by atomic mass is 32.1. The molecule has 5 rings (SSSR count). The van der Waals surface area contributed by atoms with Crippen molar-refractivity contribution >= 4 is 28.1 Å². The Hall–Kier alpha value is -1.89. The SMILES string of the molecule is O=C1CCCN1c1cnn(C2CN(c3nc4c(s3)CCC4)C2)c1. The van der Waals surface area contributed by atoms with Crippen LogP contribution in [0.15, 0.2) is 12.4 Å². The maximum Gasteiger partial charge on any atom is 0.227 e. The Labute approximate surface area is 138 Å². The number of amides is 1. The predicted molar refractivity (Wildman–Crippen MR) is 89.2 cm³/mol.